The second kappa shape index (κ2) is 10.7. The molecule has 1 amide bonds. The Kier molecular flexibility index (Phi) is 8.17. The molecule has 39 heavy (non-hydrogen) atoms. The van der Waals surface area contributed by atoms with Crippen LogP contribution in [0.1, 0.15) is 18.1 Å². The minimum absolute atomic E-state index is 0.101. The van der Waals surface area contributed by atoms with Crippen molar-refractivity contribution < 1.29 is 46.1 Å². The number of benzene rings is 2. The van der Waals surface area contributed by atoms with Gasteiger partial charge in [0.1, 0.15) is 6.54 Å². The number of alkyl halides is 6. The second-order valence-electron chi connectivity index (χ2n) is 8.50. The molecule has 3 aromatic rings. The molecule has 2 atom stereocenters. The predicted molar refractivity (Wildman–Crippen MR) is 124 cm³/mol. The molecule has 0 saturated carbocycles. The smallest absolute Gasteiger partial charge is 0.416 e. The summed E-state index contributed by atoms with van der Waals surface area (Å²) in [5.41, 5.74) is -5.16. The Bertz CT molecular complexity index is 1430. The number of aliphatic hydroxyl groups excluding tert-OH is 1. The number of hydrogen-bond acceptors (Lipinski definition) is 5. The molecule has 0 fully saturated rings. The van der Waals surface area contributed by atoms with Gasteiger partial charge in [0.25, 0.3) is 0 Å². The molecule has 1 aromatic heterocycles. The van der Waals surface area contributed by atoms with E-state index in [1.54, 1.807) is 0 Å². The first-order valence-electron chi connectivity index (χ1n) is 10.8. The number of carbonyl (C=O) groups excluding carboxylic acids is 1. The average Bonchev–Trinajstić information content (AvgIpc) is 3.13. The van der Waals surface area contributed by atoms with Gasteiger partial charge in [0.15, 0.2) is 17.5 Å². The monoisotopic (exact) mass is 580 g/mol. The topological polar surface area (TPSA) is 126 Å². The van der Waals surface area contributed by atoms with Crippen LogP contribution in [-0.2, 0) is 34.4 Å². The number of carboxylic acid groups (broad SMARTS) is 1. The number of carboxylic acids is 1. The lowest BCUT2D eigenvalue weighted by Gasteiger charge is -2.27. The minimum atomic E-state index is -5.09. The molecule has 2 aromatic carbocycles. The first kappa shape index (κ1) is 29.7. The van der Waals surface area contributed by atoms with Crippen molar-refractivity contribution in [3.05, 3.63) is 75.2 Å². The van der Waals surface area contributed by atoms with Crippen molar-refractivity contribution in [3.8, 4) is 11.4 Å². The molecule has 16 heteroatoms. The molecular weight excluding hydrogens is 562 g/mol. The Balaban J connectivity index is 1.98. The number of amides is 1. The van der Waals surface area contributed by atoms with Crippen molar-refractivity contribution in [2.45, 2.75) is 44.0 Å². The standard InChI is InChI=1S/C23H19ClF6N4O5/c1-21(19(37)38,13-3-2-4-14(9-13)22(25,26)27)31-17(36)11-34-20(39)33(10-16(35)23(28,29)30)18(32-34)12-5-7-15(24)8-6-12/h2-9,16,35H,10-11H2,1H3,(H,31,36)(H,37,38). The number of carbonyl (C=O) groups is 2. The molecule has 0 aliphatic heterocycles. The molecule has 9 nitrogen and oxygen atoms in total. The fourth-order valence-electron chi connectivity index (χ4n) is 3.51. The van der Waals surface area contributed by atoms with Crippen molar-refractivity contribution in [2.75, 3.05) is 0 Å². The van der Waals surface area contributed by atoms with Crippen LogP contribution in [0.2, 0.25) is 5.02 Å². The van der Waals surface area contributed by atoms with E-state index in [2.05, 4.69) is 5.10 Å². The quantitative estimate of drug-likeness (QED) is 0.351. The Hall–Kier alpha value is -3.85. The average molecular weight is 581 g/mol. The van der Waals surface area contributed by atoms with Gasteiger partial charge in [-0.3, -0.25) is 9.36 Å². The van der Waals surface area contributed by atoms with E-state index >= 15 is 0 Å². The first-order chi connectivity index (χ1) is 17.9. The highest BCUT2D eigenvalue weighted by Crippen LogP contribution is 2.32. The van der Waals surface area contributed by atoms with Crippen LogP contribution in [0.3, 0.4) is 0 Å². The summed E-state index contributed by atoms with van der Waals surface area (Å²) < 4.78 is 79.3. The lowest BCUT2D eigenvalue weighted by atomic mass is 9.90. The molecule has 0 spiro atoms. The highest BCUT2D eigenvalue weighted by atomic mass is 35.5. The first-order valence-corrected chi connectivity index (χ1v) is 11.2. The normalized spacial score (nSPS) is 14.5. The number of halogens is 7. The lowest BCUT2D eigenvalue weighted by Crippen LogP contribution is -2.51. The highest BCUT2D eigenvalue weighted by molar-refractivity contribution is 6.30. The Labute approximate surface area is 220 Å². The molecule has 2 unspecified atom stereocenters. The molecule has 0 radical (unpaired) electrons. The van der Waals surface area contributed by atoms with Gasteiger partial charge in [0, 0.05) is 10.6 Å². The van der Waals surface area contributed by atoms with Gasteiger partial charge in [-0.1, -0.05) is 23.7 Å². The molecule has 0 saturated heterocycles. The van der Waals surface area contributed by atoms with E-state index in [0.717, 1.165) is 19.1 Å². The Morgan fingerprint density at radius 1 is 1.05 bits per heavy atom. The fraction of sp³-hybridized carbons (Fsp3) is 0.304. The van der Waals surface area contributed by atoms with Crippen LogP contribution in [0.15, 0.2) is 53.3 Å². The Morgan fingerprint density at radius 3 is 2.18 bits per heavy atom. The number of nitrogens with zero attached hydrogens (tertiary/aromatic N) is 3. The third kappa shape index (κ3) is 6.60. The van der Waals surface area contributed by atoms with Crippen LogP contribution in [0, 0.1) is 0 Å². The summed E-state index contributed by atoms with van der Waals surface area (Å²) in [6, 6.07) is 8.57. The van der Waals surface area contributed by atoms with Gasteiger partial charge in [-0.2, -0.15) is 26.3 Å². The summed E-state index contributed by atoms with van der Waals surface area (Å²) >= 11 is 5.81. The zero-order valence-corrected chi connectivity index (χ0v) is 20.5. The van der Waals surface area contributed by atoms with E-state index in [1.165, 1.54) is 24.3 Å². The summed E-state index contributed by atoms with van der Waals surface area (Å²) in [4.78, 5) is 37.7. The van der Waals surface area contributed by atoms with Gasteiger partial charge in [0.2, 0.25) is 5.91 Å². The Morgan fingerprint density at radius 2 is 1.64 bits per heavy atom. The van der Waals surface area contributed by atoms with Crippen LogP contribution < -0.4 is 11.0 Å². The molecule has 3 rings (SSSR count). The van der Waals surface area contributed by atoms with Crippen molar-refractivity contribution in [3.63, 3.8) is 0 Å². The van der Waals surface area contributed by atoms with Gasteiger partial charge >= 0.3 is 24.0 Å². The van der Waals surface area contributed by atoms with Crippen LogP contribution >= 0.6 is 11.6 Å². The predicted octanol–water partition coefficient (Wildman–Crippen LogP) is 3.42. The van der Waals surface area contributed by atoms with E-state index in [-0.39, 0.29) is 16.4 Å². The molecule has 1 heterocycles. The number of aromatic nitrogens is 3. The van der Waals surface area contributed by atoms with Crippen LogP contribution in [0.5, 0.6) is 0 Å². The molecular formula is C23H19ClF6N4O5. The maximum Gasteiger partial charge on any atom is 0.416 e. The SMILES string of the molecule is CC(NC(=O)Cn1nc(-c2ccc(Cl)cc2)n(CC(O)C(F)(F)F)c1=O)(C(=O)O)c1cccc(C(F)(F)F)c1. The number of nitrogens with one attached hydrogen (secondary N) is 1. The van der Waals surface area contributed by atoms with Gasteiger partial charge in [-0.25, -0.2) is 14.3 Å². The maximum absolute atomic E-state index is 13.1. The third-order valence-electron chi connectivity index (χ3n) is 5.64. The summed E-state index contributed by atoms with van der Waals surface area (Å²) in [5, 5.41) is 25.4. The number of hydrogen-bond donors (Lipinski definition) is 3. The lowest BCUT2D eigenvalue weighted by molar-refractivity contribution is -0.207. The van der Waals surface area contributed by atoms with Crippen molar-refractivity contribution in [2.24, 2.45) is 0 Å². The van der Waals surface area contributed by atoms with Crippen LogP contribution in [0.4, 0.5) is 26.3 Å². The van der Waals surface area contributed by atoms with E-state index in [1.807, 2.05) is 5.32 Å². The molecule has 3 N–H and O–H groups in total. The van der Waals surface area contributed by atoms with E-state index in [0.29, 0.717) is 21.4 Å². The highest BCUT2D eigenvalue weighted by Gasteiger charge is 2.41. The summed E-state index contributed by atoms with van der Waals surface area (Å²) in [6.45, 7) is -1.38. The van der Waals surface area contributed by atoms with Gasteiger partial charge in [0.05, 0.1) is 12.1 Å². The molecule has 210 valence electrons. The maximum atomic E-state index is 13.1. The zero-order valence-electron chi connectivity index (χ0n) is 19.7. The number of aliphatic carboxylic acids is 1. The molecule has 0 aliphatic carbocycles. The zero-order chi connectivity index (χ0) is 29.3. The van der Waals surface area contributed by atoms with Crippen molar-refractivity contribution >= 4 is 23.5 Å². The van der Waals surface area contributed by atoms with Crippen LogP contribution in [-0.4, -0.2) is 48.7 Å². The summed E-state index contributed by atoms with van der Waals surface area (Å²) in [6.07, 6.45) is -12.9. The van der Waals surface area contributed by atoms with E-state index in [9.17, 15) is 50.9 Å². The minimum Gasteiger partial charge on any atom is -0.479 e. The fourth-order valence-corrected chi connectivity index (χ4v) is 3.63. The largest absolute Gasteiger partial charge is 0.479 e. The molecule has 0 bridgehead atoms. The number of rotatable bonds is 8. The van der Waals surface area contributed by atoms with Crippen molar-refractivity contribution in [1.29, 1.82) is 0 Å². The third-order valence-corrected chi connectivity index (χ3v) is 5.89. The molecule has 0 aliphatic rings. The number of aliphatic hydroxyl groups is 1. The van der Waals surface area contributed by atoms with E-state index < -0.39 is 65.8 Å². The van der Waals surface area contributed by atoms with Gasteiger partial charge < -0.3 is 15.5 Å². The van der Waals surface area contributed by atoms with Gasteiger partial charge in [-0.15, -0.1) is 5.10 Å². The summed E-state index contributed by atoms with van der Waals surface area (Å²) in [5.74, 6) is -3.31. The second-order valence-corrected chi connectivity index (χ2v) is 8.93. The summed E-state index contributed by atoms with van der Waals surface area (Å²) in [7, 11) is 0. The van der Waals surface area contributed by atoms with E-state index in [4.69, 9.17) is 11.6 Å². The van der Waals surface area contributed by atoms with Crippen LogP contribution in [0.25, 0.3) is 11.4 Å². The van der Waals surface area contributed by atoms with Crippen molar-refractivity contribution in [1.82, 2.24) is 19.7 Å². The van der Waals surface area contributed by atoms with Gasteiger partial charge in [-0.05, 0) is 48.9 Å².